The van der Waals surface area contributed by atoms with Crippen molar-refractivity contribution in [3.8, 4) is 11.3 Å². The summed E-state index contributed by atoms with van der Waals surface area (Å²) in [6.07, 6.45) is 2.68. The minimum Gasteiger partial charge on any atom is -0.284 e. The topological polar surface area (TPSA) is 51.0 Å². The van der Waals surface area contributed by atoms with E-state index in [9.17, 15) is 0 Å². The van der Waals surface area contributed by atoms with E-state index in [1.54, 1.807) is 0 Å². The summed E-state index contributed by atoms with van der Waals surface area (Å²) in [6.45, 7) is 6.58. The van der Waals surface area contributed by atoms with Crippen LogP contribution in [0.25, 0.3) is 11.3 Å². The van der Waals surface area contributed by atoms with Gasteiger partial charge in [0.15, 0.2) is 5.82 Å². The molecule has 0 amide bonds. The number of hydrogen-bond acceptors (Lipinski definition) is 4. The molecule has 4 heteroatoms. The first kappa shape index (κ1) is 17.0. The fourth-order valence-electron chi connectivity index (χ4n) is 2.89. The van der Waals surface area contributed by atoms with E-state index in [-0.39, 0.29) is 0 Å². The summed E-state index contributed by atoms with van der Waals surface area (Å²) in [7, 11) is 0. The number of rotatable bonds is 3. The Morgan fingerprint density at radius 3 is 2.60 bits per heavy atom. The van der Waals surface area contributed by atoms with Crippen molar-refractivity contribution in [3.63, 3.8) is 0 Å². The Morgan fingerprint density at radius 2 is 1.80 bits per heavy atom. The van der Waals surface area contributed by atoms with Gasteiger partial charge >= 0.3 is 0 Å². The van der Waals surface area contributed by atoms with Gasteiger partial charge in [-0.1, -0.05) is 62.4 Å². The minimum atomic E-state index is 0.449. The van der Waals surface area contributed by atoms with Crippen LogP contribution in [0.1, 0.15) is 42.1 Å². The first-order valence-corrected chi connectivity index (χ1v) is 8.67. The summed E-state index contributed by atoms with van der Waals surface area (Å²) < 4.78 is 0. The van der Waals surface area contributed by atoms with Gasteiger partial charge in [-0.25, -0.2) is 4.98 Å². The van der Waals surface area contributed by atoms with E-state index < -0.39 is 0 Å². The second-order valence-corrected chi connectivity index (χ2v) is 5.68. The number of aryl methyl sites for hydroxylation is 1. The summed E-state index contributed by atoms with van der Waals surface area (Å²) in [5, 5.41) is 8.62. The van der Waals surface area contributed by atoms with Crippen molar-refractivity contribution in [2.75, 3.05) is 0 Å². The van der Waals surface area contributed by atoms with Gasteiger partial charge in [0.2, 0.25) is 0 Å². The first-order chi connectivity index (χ1) is 12.3. The molecule has 0 fully saturated rings. The summed E-state index contributed by atoms with van der Waals surface area (Å²) >= 11 is 0. The van der Waals surface area contributed by atoms with Gasteiger partial charge in [0.1, 0.15) is 12.2 Å². The minimum absolute atomic E-state index is 0.449. The molecule has 0 N–H and O–H groups in total. The zero-order valence-corrected chi connectivity index (χ0v) is 14.9. The van der Waals surface area contributed by atoms with Crippen LogP contribution in [-0.4, -0.2) is 21.4 Å². The van der Waals surface area contributed by atoms with Crippen LogP contribution >= 0.6 is 0 Å². The molecular formula is C21H22N4. The molecule has 0 aliphatic heterocycles. The Labute approximate surface area is 148 Å². The van der Waals surface area contributed by atoms with Gasteiger partial charge in [-0.2, -0.15) is 0 Å². The van der Waals surface area contributed by atoms with Gasteiger partial charge < -0.3 is 0 Å². The number of nitrogens with zero attached hydrogens (tertiary/aromatic N) is 4. The molecule has 0 radical (unpaired) electrons. The van der Waals surface area contributed by atoms with Crippen LogP contribution < -0.4 is 0 Å². The molecule has 1 aliphatic carbocycles. The number of benzene rings is 2. The third-order valence-corrected chi connectivity index (χ3v) is 4.09. The number of aromatic nitrogens is 3. The van der Waals surface area contributed by atoms with E-state index in [1.165, 1.54) is 16.7 Å². The third-order valence-electron chi connectivity index (χ3n) is 4.09. The fourth-order valence-corrected chi connectivity index (χ4v) is 2.89. The molecule has 2 aromatic carbocycles. The Balaban J connectivity index is 0.000000880. The lowest BCUT2D eigenvalue weighted by Gasteiger charge is -2.01. The molecule has 126 valence electrons. The molecular weight excluding hydrogens is 308 g/mol. The van der Waals surface area contributed by atoms with E-state index in [2.05, 4.69) is 45.3 Å². The van der Waals surface area contributed by atoms with Gasteiger partial charge in [-0.05, 0) is 23.6 Å². The predicted octanol–water partition coefficient (Wildman–Crippen LogP) is 4.40. The maximum atomic E-state index is 4.65. The van der Waals surface area contributed by atoms with E-state index >= 15 is 0 Å². The second kappa shape index (κ2) is 7.79. The van der Waals surface area contributed by atoms with Crippen LogP contribution in [0.5, 0.6) is 0 Å². The van der Waals surface area contributed by atoms with Crippen LogP contribution in [-0.2, 0) is 13.0 Å². The lowest BCUT2D eigenvalue weighted by atomic mass is 10.0. The smallest absolute Gasteiger partial charge is 0.172 e. The van der Waals surface area contributed by atoms with Crippen molar-refractivity contribution >= 4 is 6.21 Å². The molecule has 0 unspecified atom stereocenters. The second-order valence-electron chi connectivity index (χ2n) is 5.68. The quantitative estimate of drug-likeness (QED) is 0.523. The van der Waals surface area contributed by atoms with Gasteiger partial charge in [0.05, 0.1) is 5.69 Å². The molecule has 4 nitrogen and oxygen atoms in total. The zero-order valence-electron chi connectivity index (χ0n) is 14.9. The van der Waals surface area contributed by atoms with Crippen molar-refractivity contribution in [3.05, 3.63) is 76.7 Å². The molecule has 0 saturated carbocycles. The zero-order chi connectivity index (χ0) is 17.6. The molecule has 0 saturated heterocycles. The van der Waals surface area contributed by atoms with Crippen molar-refractivity contribution in [1.29, 1.82) is 0 Å². The highest BCUT2D eigenvalue weighted by molar-refractivity contribution is 5.79. The maximum Gasteiger partial charge on any atom is 0.172 e. The van der Waals surface area contributed by atoms with Crippen molar-refractivity contribution in [2.45, 2.75) is 33.7 Å². The molecule has 4 rings (SSSR count). The molecule has 1 aromatic heterocycles. The SMILES string of the molecule is CC.Cc1cccc2c1Cc1nc(CN=Cc3ccccc3)nnc1-2. The summed E-state index contributed by atoms with van der Waals surface area (Å²) in [4.78, 5) is 9.07. The summed E-state index contributed by atoms with van der Waals surface area (Å²) in [5.74, 6) is 0.668. The van der Waals surface area contributed by atoms with Gasteiger partial charge in [-0.15, -0.1) is 10.2 Å². The van der Waals surface area contributed by atoms with Crippen LogP contribution in [0.3, 0.4) is 0 Å². The van der Waals surface area contributed by atoms with Gasteiger partial charge in [0, 0.05) is 18.2 Å². The van der Waals surface area contributed by atoms with E-state index in [1.807, 2.05) is 50.4 Å². The highest BCUT2D eigenvalue weighted by Gasteiger charge is 2.23. The van der Waals surface area contributed by atoms with E-state index in [4.69, 9.17) is 0 Å². The summed E-state index contributed by atoms with van der Waals surface area (Å²) in [5.41, 5.74) is 6.76. The van der Waals surface area contributed by atoms with Gasteiger partial charge in [-0.3, -0.25) is 4.99 Å². The first-order valence-electron chi connectivity index (χ1n) is 8.67. The monoisotopic (exact) mass is 330 g/mol. The molecule has 0 atom stereocenters. The molecule has 0 spiro atoms. The van der Waals surface area contributed by atoms with Crippen LogP contribution in [0, 0.1) is 6.92 Å². The number of fused-ring (bicyclic) bond motifs is 3. The molecule has 1 aliphatic rings. The third kappa shape index (κ3) is 3.63. The lowest BCUT2D eigenvalue weighted by Crippen LogP contribution is -2.01. The Morgan fingerprint density at radius 1 is 1.00 bits per heavy atom. The lowest BCUT2D eigenvalue weighted by molar-refractivity contribution is 0.819. The van der Waals surface area contributed by atoms with Crippen LogP contribution in [0.15, 0.2) is 53.5 Å². The largest absolute Gasteiger partial charge is 0.284 e. The molecule has 3 aromatic rings. The Kier molecular flexibility index (Phi) is 5.29. The Bertz CT molecular complexity index is 886. The molecule has 25 heavy (non-hydrogen) atoms. The fraction of sp³-hybridized carbons (Fsp3) is 0.238. The normalized spacial score (nSPS) is 11.6. The highest BCUT2D eigenvalue weighted by Crippen LogP contribution is 2.35. The standard InChI is InChI=1S/C19H16N4.C2H6/c1-13-6-5-9-15-16(13)10-17-19(15)23-22-18(21-17)12-20-11-14-7-3-2-4-8-14;1-2/h2-9,11H,10,12H2,1H3;1-2H3. The van der Waals surface area contributed by atoms with Crippen LogP contribution in [0.4, 0.5) is 0 Å². The average Bonchev–Trinajstić information content (AvgIpc) is 3.04. The van der Waals surface area contributed by atoms with E-state index in [0.717, 1.165) is 23.4 Å². The highest BCUT2D eigenvalue weighted by atomic mass is 15.2. The number of aliphatic imine (C=N–C) groups is 1. The average molecular weight is 330 g/mol. The van der Waals surface area contributed by atoms with Crippen LogP contribution in [0.2, 0.25) is 0 Å². The van der Waals surface area contributed by atoms with Crippen molar-refractivity contribution in [1.82, 2.24) is 15.2 Å². The van der Waals surface area contributed by atoms with E-state index in [0.29, 0.717) is 12.4 Å². The predicted molar refractivity (Wildman–Crippen MR) is 102 cm³/mol. The summed E-state index contributed by atoms with van der Waals surface area (Å²) in [6, 6.07) is 16.3. The van der Waals surface area contributed by atoms with Crippen molar-refractivity contribution in [2.24, 2.45) is 4.99 Å². The number of hydrogen-bond donors (Lipinski definition) is 0. The molecule has 0 bridgehead atoms. The van der Waals surface area contributed by atoms with Crippen molar-refractivity contribution < 1.29 is 0 Å². The van der Waals surface area contributed by atoms with Gasteiger partial charge in [0.25, 0.3) is 0 Å². The molecule has 1 heterocycles. The Hall–Kier alpha value is -2.88. The maximum absolute atomic E-state index is 4.65.